The number of hydrogen-bond donors (Lipinski definition) is 2. The average Bonchev–Trinajstić information content (AvgIpc) is 3.51. The lowest BCUT2D eigenvalue weighted by molar-refractivity contribution is -0.118. The summed E-state index contributed by atoms with van der Waals surface area (Å²) in [6.07, 6.45) is 3.80. The Labute approximate surface area is 151 Å². The number of nitrogens with one attached hydrogen (secondary N) is 2. The molecule has 5 heteroatoms. The second kappa shape index (κ2) is 6.19. The minimum Gasteiger partial charge on any atom is -0.349 e. The van der Waals surface area contributed by atoms with E-state index in [-0.39, 0.29) is 11.8 Å². The van der Waals surface area contributed by atoms with E-state index in [0.29, 0.717) is 22.3 Å². The van der Waals surface area contributed by atoms with Crippen LogP contribution < -0.4 is 10.6 Å². The Hall–Kier alpha value is -2.33. The van der Waals surface area contributed by atoms with Crippen LogP contribution in [0.2, 0.25) is 5.02 Å². The van der Waals surface area contributed by atoms with Gasteiger partial charge in [-0.05, 0) is 67.6 Å². The summed E-state index contributed by atoms with van der Waals surface area (Å²) in [4.78, 5) is 24.7. The number of carbonyl (C=O) groups excluding carboxylic acids is 2. The van der Waals surface area contributed by atoms with Gasteiger partial charge in [0.25, 0.3) is 5.91 Å². The van der Waals surface area contributed by atoms with Crippen LogP contribution in [0.25, 0.3) is 0 Å². The zero-order valence-electron chi connectivity index (χ0n) is 13.7. The molecule has 128 valence electrons. The molecule has 25 heavy (non-hydrogen) atoms. The molecule has 4 nitrogen and oxygen atoms in total. The third-order valence-corrected chi connectivity index (χ3v) is 5.15. The van der Waals surface area contributed by atoms with Gasteiger partial charge >= 0.3 is 0 Å². The second-order valence-electron chi connectivity index (χ2n) is 6.87. The Bertz CT molecular complexity index is 807. The van der Waals surface area contributed by atoms with E-state index in [1.165, 1.54) is 0 Å². The topological polar surface area (TPSA) is 58.2 Å². The van der Waals surface area contributed by atoms with Gasteiger partial charge in [0.2, 0.25) is 5.91 Å². The first-order chi connectivity index (χ1) is 12.1. The van der Waals surface area contributed by atoms with Crippen LogP contribution in [0.4, 0.5) is 5.69 Å². The van der Waals surface area contributed by atoms with Crippen molar-refractivity contribution in [2.45, 2.75) is 37.1 Å². The average molecular weight is 355 g/mol. The van der Waals surface area contributed by atoms with Crippen molar-refractivity contribution in [3.05, 3.63) is 64.7 Å². The monoisotopic (exact) mass is 354 g/mol. The highest BCUT2D eigenvalue weighted by Gasteiger charge is 2.51. The molecule has 2 aromatic carbocycles. The van der Waals surface area contributed by atoms with Crippen molar-refractivity contribution in [1.29, 1.82) is 0 Å². The van der Waals surface area contributed by atoms with Crippen molar-refractivity contribution < 1.29 is 9.59 Å². The molecule has 2 aromatic rings. The van der Waals surface area contributed by atoms with Gasteiger partial charge in [-0.25, -0.2) is 0 Å². The van der Waals surface area contributed by atoms with Crippen molar-refractivity contribution in [3.63, 3.8) is 0 Å². The Balaban J connectivity index is 1.43. The molecule has 0 heterocycles. The maximum Gasteiger partial charge on any atom is 0.251 e. The van der Waals surface area contributed by atoms with Crippen molar-refractivity contribution in [2.75, 3.05) is 5.32 Å². The summed E-state index contributed by atoms with van der Waals surface area (Å²) >= 11 is 5.93. The summed E-state index contributed by atoms with van der Waals surface area (Å²) in [5.41, 5.74) is 1.86. The van der Waals surface area contributed by atoms with E-state index in [2.05, 4.69) is 10.6 Å². The molecule has 0 aliphatic heterocycles. The van der Waals surface area contributed by atoms with Crippen molar-refractivity contribution in [1.82, 2.24) is 5.32 Å². The van der Waals surface area contributed by atoms with E-state index in [1.54, 1.807) is 24.3 Å². The molecule has 2 N–H and O–H groups in total. The van der Waals surface area contributed by atoms with E-state index < -0.39 is 5.41 Å². The summed E-state index contributed by atoms with van der Waals surface area (Å²) in [5.74, 6) is -0.0646. The van der Waals surface area contributed by atoms with Crippen LogP contribution in [0.15, 0.2) is 48.5 Å². The summed E-state index contributed by atoms with van der Waals surface area (Å²) in [7, 11) is 0. The Morgan fingerprint density at radius 1 is 0.960 bits per heavy atom. The Morgan fingerprint density at radius 3 is 2.16 bits per heavy atom. The van der Waals surface area contributed by atoms with Gasteiger partial charge in [0.1, 0.15) is 0 Å². The summed E-state index contributed by atoms with van der Waals surface area (Å²) in [6, 6.07) is 14.8. The third kappa shape index (κ3) is 3.40. The highest BCUT2D eigenvalue weighted by Crippen LogP contribution is 2.49. The van der Waals surface area contributed by atoms with Crippen LogP contribution >= 0.6 is 11.6 Å². The summed E-state index contributed by atoms with van der Waals surface area (Å²) in [5, 5.41) is 6.59. The molecule has 0 atom stereocenters. The van der Waals surface area contributed by atoms with E-state index in [4.69, 9.17) is 11.6 Å². The van der Waals surface area contributed by atoms with Gasteiger partial charge in [-0.2, -0.15) is 0 Å². The Kier molecular flexibility index (Phi) is 4.00. The van der Waals surface area contributed by atoms with Gasteiger partial charge < -0.3 is 10.6 Å². The fraction of sp³-hybridized carbons (Fsp3) is 0.300. The number of halogens is 1. The normalized spacial score (nSPS) is 17.6. The maximum atomic E-state index is 12.7. The first-order valence-electron chi connectivity index (χ1n) is 8.55. The maximum absolute atomic E-state index is 12.7. The second-order valence-corrected chi connectivity index (χ2v) is 7.30. The van der Waals surface area contributed by atoms with E-state index in [9.17, 15) is 9.59 Å². The summed E-state index contributed by atoms with van der Waals surface area (Å²) in [6.45, 7) is 0. The van der Waals surface area contributed by atoms with Crippen molar-refractivity contribution in [3.8, 4) is 0 Å². The van der Waals surface area contributed by atoms with Gasteiger partial charge in [-0.3, -0.25) is 9.59 Å². The number of benzene rings is 2. The van der Waals surface area contributed by atoms with Gasteiger partial charge in [-0.1, -0.05) is 23.7 Å². The SMILES string of the molecule is O=C(NC1CC1)c1ccc(NC(=O)C2(c3ccc(Cl)cc3)CC2)cc1. The standard InChI is InChI=1S/C20H19ClN2O2/c21-15-5-3-14(4-6-15)20(11-12-20)19(25)23-17-7-1-13(2-8-17)18(24)22-16-9-10-16/h1-8,16H,9-12H2,(H,22,24)(H,23,25). The zero-order chi connectivity index (χ0) is 17.4. The molecular weight excluding hydrogens is 336 g/mol. The molecule has 2 amide bonds. The molecule has 2 aliphatic rings. The molecule has 2 aliphatic carbocycles. The molecule has 2 fully saturated rings. The van der Waals surface area contributed by atoms with Crippen LogP contribution in [0, 0.1) is 0 Å². The number of anilines is 1. The lowest BCUT2D eigenvalue weighted by Gasteiger charge is -2.16. The first-order valence-corrected chi connectivity index (χ1v) is 8.93. The number of amides is 2. The highest BCUT2D eigenvalue weighted by molar-refractivity contribution is 6.30. The molecule has 0 spiro atoms. The molecule has 0 unspecified atom stereocenters. The van der Waals surface area contributed by atoms with Crippen LogP contribution in [0.3, 0.4) is 0 Å². The first kappa shape index (κ1) is 16.2. The quantitative estimate of drug-likeness (QED) is 0.855. The van der Waals surface area contributed by atoms with E-state index in [0.717, 1.165) is 31.2 Å². The lowest BCUT2D eigenvalue weighted by atomic mass is 9.95. The molecular formula is C20H19ClN2O2. The molecule has 0 aromatic heterocycles. The molecule has 4 rings (SSSR count). The van der Waals surface area contributed by atoms with Crippen LogP contribution in [-0.4, -0.2) is 17.9 Å². The third-order valence-electron chi connectivity index (χ3n) is 4.90. The Morgan fingerprint density at radius 2 is 1.60 bits per heavy atom. The lowest BCUT2D eigenvalue weighted by Crippen LogP contribution is -2.28. The van der Waals surface area contributed by atoms with Crippen LogP contribution in [0.1, 0.15) is 41.6 Å². The number of carbonyl (C=O) groups is 2. The van der Waals surface area contributed by atoms with Gasteiger partial charge in [-0.15, -0.1) is 0 Å². The van der Waals surface area contributed by atoms with Gasteiger partial charge in [0, 0.05) is 22.3 Å². The van der Waals surface area contributed by atoms with Crippen molar-refractivity contribution in [2.24, 2.45) is 0 Å². The summed E-state index contributed by atoms with van der Waals surface area (Å²) < 4.78 is 0. The zero-order valence-corrected chi connectivity index (χ0v) is 14.5. The minimum atomic E-state index is -0.452. The molecule has 0 radical (unpaired) electrons. The van der Waals surface area contributed by atoms with E-state index in [1.807, 2.05) is 24.3 Å². The number of rotatable bonds is 5. The van der Waals surface area contributed by atoms with Crippen LogP contribution in [-0.2, 0) is 10.2 Å². The predicted octanol–water partition coefficient (Wildman–Crippen LogP) is 3.90. The number of hydrogen-bond acceptors (Lipinski definition) is 2. The fourth-order valence-corrected chi connectivity index (χ4v) is 3.12. The van der Waals surface area contributed by atoms with Crippen molar-refractivity contribution >= 4 is 29.1 Å². The van der Waals surface area contributed by atoms with Crippen LogP contribution in [0.5, 0.6) is 0 Å². The minimum absolute atomic E-state index is 0.00926. The largest absolute Gasteiger partial charge is 0.349 e. The van der Waals surface area contributed by atoms with E-state index >= 15 is 0 Å². The highest BCUT2D eigenvalue weighted by atomic mass is 35.5. The van der Waals surface area contributed by atoms with Gasteiger partial charge in [0.15, 0.2) is 0 Å². The fourth-order valence-electron chi connectivity index (χ4n) is 2.99. The molecule has 0 saturated heterocycles. The molecule has 0 bridgehead atoms. The predicted molar refractivity (Wildman–Crippen MR) is 97.9 cm³/mol. The van der Waals surface area contributed by atoms with Gasteiger partial charge in [0.05, 0.1) is 5.41 Å². The smallest absolute Gasteiger partial charge is 0.251 e. The molecule has 2 saturated carbocycles.